The highest BCUT2D eigenvalue weighted by Gasteiger charge is 2.14. The minimum atomic E-state index is -0.937. The van der Waals surface area contributed by atoms with Crippen LogP contribution < -0.4 is 4.74 Å². The Balaban J connectivity index is 2.07. The van der Waals surface area contributed by atoms with Gasteiger partial charge in [-0.15, -0.1) is 11.3 Å². The molecule has 1 aromatic carbocycles. The molecule has 0 amide bonds. The molecule has 0 fully saturated rings. The first kappa shape index (κ1) is 14.5. The Morgan fingerprint density at radius 2 is 2.20 bits per heavy atom. The van der Waals surface area contributed by atoms with E-state index in [0.717, 1.165) is 17.1 Å². The van der Waals surface area contributed by atoms with Crippen molar-refractivity contribution < 1.29 is 14.6 Å². The van der Waals surface area contributed by atoms with Crippen LogP contribution >= 0.6 is 11.3 Å². The van der Waals surface area contributed by atoms with Crippen molar-refractivity contribution in [3.05, 3.63) is 45.4 Å². The number of hydrogen-bond acceptors (Lipinski definition) is 4. The molecule has 2 aromatic rings. The molecule has 0 aliphatic rings. The number of aryl methyl sites for hydroxylation is 1. The number of thiazole rings is 1. The Morgan fingerprint density at radius 1 is 1.45 bits per heavy atom. The fourth-order valence-electron chi connectivity index (χ4n) is 1.82. The molecule has 4 nitrogen and oxygen atoms in total. The maximum Gasteiger partial charge on any atom is 0.347 e. The predicted molar refractivity (Wildman–Crippen MR) is 78.7 cm³/mol. The molecule has 5 heteroatoms. The van der Waals surface area contributed by atoms with Crippen LogP contribution in [0.4, 0.5) is 0 Å². The highest BCUT2D eigenvalue weighted by atomic mass is 32.1. The van der Waals surface area contributed by atoms with Crippen molar-refractivity contribution in [1.82, 2.24) is 4.98 Å². The number of hydrogen-bond donors (Lipinski definition) is 1. The third-order valence-corrected chi connectivity index (χ3v) is 4.04. The van der Waals surface area contributed by atoms with Gasteiger partial charge in [0.15, 0.2) is 0 Å². The van der Waals surface area contributed by atoms with Crippen molar-refractivity contribution in [2.45, 2.75) is 33.3 Å². The molecule has 0 unspecified atom stereocenters. The third kappa shape index (κ3) is 3.36. The second-order valence-electron chi connectivity index (χ2n) is 4.84. The average molecular weight is 291 g/mol. The van der Waals surface area contributed by atoms with Gasteiger partial charge in [0.1, 0.15) is 22.2 Å². The summed E-state index contributed by atoms with van der Waals surface area (Å²) in [7, 11) is 0. The van der Waals surface area contributed by atoms with Gasteiger partial charge in [0.25, 0.3) is 0 Å². The number of ether oxygens (including phenoxy) is 1. The van der Waals surface area contributed by atoms with E-state index in [1.165, 1.54) is 5.56 Å². The minimum Gasteiger partial charge on any atom is -0.486 e. The monoisotopic (exact) mass is 291 g/mol. The summed E-state index contributed by atoms with van der Waals surface area (Å²) < 4.78 is 5.69. The summed E-state index contributed by atoms with van der Waals surface area (Å²) in [6.45, 7) is 6.24. The number of benzene rings is 1. The molecular formula is C15H17NO3S. The number of carboxylic acid groups (broad SMARTS) is 1. The largest absolute Gasteiger partial charge is 0.486 e. The minimum absolute atomic E-state index is 0.277. The highest BCUT2D eigenvalue weighted by molar-refractivity contribution is 7.13. The fraction of sp³-hybridized carbons (Fsp3) is 0.333. The number of nitrogens with zero attached hydrogens (tertiary/aromatic N) is 1. The van der Waals surface area contributed by atoms with Gasteiger partial charge in [0.05, 0.1) is 5.69 Å². The molecule has 0 aliphatic carbocycles. The van der Waals surface area contributed by atoms with Crippen molar-refractivity contribution in [3.8, 4) is 5.75 Å². The molecule has 0 radical (unpaired) electrons. The first-order chi connectivity index (χ1) is 9.47. The van der Waals surface area contributed by atoms with E-state index in [-0.39, 0.29) is 4.88 Å². The molecule has 1 aromatic heterocycles. The molecule has 106 valence electrons. The average Bonchev–Trinajstić information content (AvgIpc) is 2.78. The first-order valence-electron chi connectivity index (χ1n) is 6.39. The molecule has 0 bridgehead atoms. The molecular weight excluding hydrogens is 274 g/mol. The van der Waals surface area contributed by atoms with Crippen LogP contribution in [0, 0.1) is 6.92 Å². The summed E-state index contributed by atoms with van der Waals surface area (Å²) in [6.07, 6.45) is 0. The van der Waals surface area contributed by atoms with Crippen LogP contribution in [-0.2, 0) is 6.61 Å². The van der Waals surface area contributed by atoms with Gasteiger partial charge in [0, 0.05) is 0 Å². The van der Waals surface area contributed by atoms with E-state index in [1.54, 1.807) is 6.92 Å². The predicted octanol–water partition coefficient (Wildman–Crippen LogP) is 3.85. The molecule has 0 atom stereocenters. The lowest BCUT2D eigenvalue weighted by molar-refractivity contribution is 0.0701. The topological polar surface area (TPSA) is 59.4 Å². The standard InChI is InChI=1S/C15H17NO3S/c1-9(2)11-5-4-6-12(7-11)19-8-13-16-10(3)14(20-13)15(17)18/h4-7,9H,8H2,1-3H3,(H,17,18). The van der Waals surface area contributed by atoms with Gasteiger partial charge in [-0.2, -0.15) is 0 Å². The van der Waals surface area contributed by atoms with Gasteiger partial charge in [-0.25, -0.2) is 9.78 Å². The van der Waals surface area contributed by atoms with Crippen LogP contribution in [0.25, 0.3) is 0 Å². The number of aromatic carboxylic acids is 1. The van der Waals surface area contributed by atoms with Crippen molar-refractivity contribution >= 4 is 17.3 Å². The van der Waals surface area contributed by atoms with Crippen LogP contribution in [0.5, 0.6) is 5.75 Å². The lowest BCUT2D eigenvalue weighted by Crippen LogP contribution is -1.96. The Morgan fingerprint density at radius 3 is 2.80 bits per heavy atom. The summed E-state index contributed by atoms with van der Waals surface area (Å²) >= 11 is 1.16. The summed E-state index contributed by atoms with van der Waals surface area (Å²) in [5.41, 5.74) is 1.75. The summed E-state index contributed by atoms with van der Waals surface area (Å²) in [5.74, 6) is 0.285. The van der Waals surface area contributed by atoms with Gasteiger partial charge < -0.3 is 9.84 Å². The molecule has 0 saturated heterocycles. The van der Waals surface area contributed by atoms with E-state index in [0.29, 0.717) is 23.2 Å². The van der Waals surface area contributed by atoms with E-state index in [1.807, 2.05) is 18.2 Å². The van der Waals surface area contributed by atoms with Crippen LogP contribution in [0.15, 0.2) is 24.3 Å². The second-order valence-corrected chi connectivity index (χ2v) is 5.93. The maximum atomic E-state index is 11.0. The normalized spacial score (nSPS) is 10.8. The summed E-state index contributed by atoms with van der Waals surface area (Å²) in [6, 6.07) is 7.92. The van der Waals surface area contributed by atoms with Gasteiger partial charge in [0.2, 0.25) is 0 Å². The Labute approximate surface area is 122 Å². The first-order valence-corrected chi connectivity index (χ1v) is 7.21. The summed E-state index contributed by atoms with van der Waals surface area (Å²) in [4.78, 5) is 15.5. The quantitative estimate of drug-likeness (QED) is 0.909. The van der Waals surface area contributed by atoms with E-state index in [2.05, 4.69) is 24.9 Å². The zero-order valence-electron chi connectivity index (χ0n) is 11.7. The van der Waals surface area contributed by atoms with Gasteiger partial charge in [-0.05, 0) is 30.5 Å². The fourth-order valence-corrected chi connectivity index (χ4v) is 2.64. The van der Waals surface area contributed by atoms with Gasteiger partial charge >= 0.3 is 5.97 Å². The lowest BCUT2D eigenvalue weighted by Gasteiger charge is -2.08. The van der Waals surface area contributed by atoms with Crippen LogP contribution in [-0.4, -0.2) is 16.1 Å². The molecule has 0 saturated carbocycles. The zero-order valence-corrected chi connectivity index (χ0v) is 12.5. The van der Waals surface area contributed by atoms with E-state index in [4.69, 9.17) is 9.84 Å². The lowest BCUT2D eigenvalue weighted by atomic mass is 10.0. The SMILES string of the molecule is Cc1nc(COc2cccc(C(C)C)c2)sc1C(=O)O. The Bertz CT molecular complexity index is 619. The van der Waals surface area contributed by atoms with Gasteiger partial charge in [-0.1, -0.05) is 26.0 Å². The summed E-state index contributed by atoms with van der Waals surface area (Å²) in [5, 5.41) is 9.67. The van der Waals surface area contributed by atoms with E-state index in [9.17, 15) is 4.79 Å². The van der Waals surface area contributed by atoms with Crippen LogP contribution in [0.3, 0.4) is 0 Å². The molecule has 20 heavy (non-hydrogen) atoms. The molecule has 2 rings (SSSR count). The molecule has 0 aliphatic heterocycles. The molecule has 1 heterocycles. The highest BCUT2D eigenvalue weighted by Crippen LogP contribution is 2.23. The van der Waals surface area contributed by atoms with Crippen molar-refractivity contribution in [2.24, 2.45) is 0 Å². The molecule has 0 spiro atoms. The zero-order chi connectivity index (χ0) is 14.7. The second kappa shape index (κ2) is 6.05. The molecule has 1 N–H and O–H groups in total. The van der Waals surface area contributed by atoms with Crippen molar-refractivity contribution in [1.29, 1.82) is 0 Å². The number of rotatable bonds is 5. The number of carboxylic acids is 1. The Kier molecular flexibility index (Phi) is 4.39. The van der Waals surface area contributed by atoms with E-state index >= 15 is 0 Å². The van der Waals surface area contributed by atoms with E-state index < -0.39 is 5.97 Å². The Hall–Kier alpha value is -1.88. The number of carbonyl (C=O) groups is 1. The van der Waals surface area contributed by atoms with Crippen molar-refractivity contribution in [3.63, 3.8) is 0 Å². The van der Waals surface area contributed by atoms with Crippen molar-refractivity contribution in [2.75, 3.05) is 0 Å². The van der Waals surface area contributed by atoms with Crippen LogP contribution in [0.1, 0.15) is 45.7 Å². The number of aromatic nitrogens is 1. The van der Waals surface area contributed by atoms with Crippen LogP contribution in [0.2, 0.25) is 0 Å². The third-order valence-electron chi connectivity index (χ3n) is 2.92. The van der Waals surface area contributed by atoms with Gasteiger partial charge in [-0.3, -0.25) is 0 Å². The maximum absolute atomic E-state index is 11.0. The smallest absolute Gasteiger partial charge is 0.347 e.